The minimum Gasteiger partial charge on any atom is -0.333 e. The first-order valence-electron chi connectivity index (χ1n) is 6.83. The molecule has 0 saturated heterocycles. The fourth-order valence-corrected chi connectivity index (χ4v) is 2.56. The first-order chi connectivity index (χ1) is 9.93. The lowest BCUT2D eigenvalue weighted by atomic mass is 10.0. The average molecular weight is 294 g/mol. The Morgan fingerprint density at radius 3 is 2.38 bits per heavy atom. The second kappa shape index (κ2) is 6.07. The summed E-state index contributed by atoms with van der Waals surface area (Å²) < 4.78 is 2.79. The van der Waals surface area contributed by atoms with Gasteiger partial charge in [-0.05, 0) is 38.5 Å². The van der Waals surface area contributed by atoms with Crippen LogP contribution in [0.5, 0.6) is 0 Å². The number of hydrogen-bond donors (Lipinski definition) is 0. The van der Waals surface area contributed by atoms with E-state index in [-0.39, 0.29) is 5.54 Å². The Bertz CT molecular complexity index is 756. The van der Waals surface area contributed by atoms with E-state index in [1.54, 1.807) is 0 Å². The smallest absolute Gasteiger partial charge is 0.113 e. The number of hydrogen-bond acceptors (Lipinski definition) is 2. The van der Waals surface area contributed by atoms with Gasteiger partial charge in [0.05, 0.1) is 11.6 Å². The van der Waals surface area contributed by atoms with Gasteiger partial charge in [-0.15, -0.1) is 0 Å². The lowest BCUT2D eigenvalue weighted by Crippen LogP contribution is -2.22. The maximum Gasteiger partial charge on any atom is 0.113 e. The molecular weight excluding hydrogens is 276 g/mol. The van der Waals surface area contributed by atoms with E-state index in [4.69, 9.17) is 12.2 Å². The van der Waals surface area contributed by atoms with Crippen LogP contribution in [-0.4, -0.2) is 4.57 Å². The molecule has 106 valence electrons. The van der Waals surface area contributed by atoms with Crippen LogP contribution in [0.25, 0.3) is 11.6 Å². The molecule has 0 aliphatic carbocycles. The Kier molecular flexibility index (Phi) is 4.40. The minimum atomic E-state index is -0.0829. The van der Waals surface area contributed by atoms with E-state index in [2.05, 4.69) is 26.8 Å². The Labute approximate surface area is 131 Å². The number of pyridine rings is 1. The van der Waals surface area contributed by atoms with Crippen molar-refractivity contribution in [1.29, 1.82) is 5.26 Å². The van der Waals surface area contributed by atoms with Crippen LogP contribution in [0, 0.1) is 16.0 Å². The fourth-order valence-electron chi connectivity index (χ4n) is 2.10. The Balaban J connectivity index is 2.56. The van der Waals surface area contributed by atoms with Gasteiger partial charge in [0.15, 0.2) is 0 Å². The molecule has 0 atom stereocenters. The molecule has 0 saturated carbocycles. The predicted molar refractivity (Wildman–Crippen MR) is 90.2 cm³/mol. The molecule has 2 nitrogen and oxygen atoms in total. The summed E-state index contributed by atoms with van der Waals surface area (Å²) in [6.45, 7) is 6.33. The van der Waals surface area contributed by atoms with E-state index in [1.165, 1.54) is 0 Å². The van der Waals surface area contributed by atoms with E-state index in [9.17, 15) is 5.26 Å². The maximum atomic E-state index is 9.40. The SMILES string of the molecule is CC(C)(C)n1cccc(/C=C(\C#N)c2ccccc2)c1=S. The van der Waals surface area contributed by atoms with E-state index in [0.29, 0.717) is 5.57 Å². The quantitative estimate of drug-likeness (QED) is 0.573. The molecule has 1 aromatic carbocycles. The molecule has 0 spiro atoms. The van der Waals surface area contributed by atoms with Crippen molar-refractivity contribution in [3.05, 3.63) is 64.4 Å². The third kappa shape index (κ3) is 3.48. The number of rotatable bonds is 2. The van der Waals surface area contributed by atoms with Crippen molar-refractivity contribution in [1.82, 2.24) is 4.57 Å². The molecular formula is C18H18N2S. The monoisotopic (exact) mass is 294 g/mol. The second-order valence-electron chi connectivity index (χ2n) is 5.85. The summed E-state index contributed by atoms with van der Waals surface area (Å²) >= 11 is 5.57. The summed E-state index contributed by atoms with van der Waals surface area (Å²) in [5.74, 6) is 0. The van der Waals surface area contributed by atoms with Crippen molar-refractivity contribution in [3.8, 4) is 6.07 Å². The van der Waals surface area contributed by atoms with Crippen LogP contribution in [0.3, 0.4) is 0 Å². The van der Waals surface area contributed by atoms with Crippen molar-refractivity contribution in [2.24, 2.45) is 0 Å². The summed E-state index contributed by atoms with van der Waals surface area (Å²) in [4.78, 5) is 0. The van der Waals surface area contributed by atoms with E-state index < -0.39 is 0 Å². The van der Waals surface area contributed by atoms with Gasteiger partial charge in [-0.3, -0.25) is 0 Å². The Morgan fingerprint density at radius 2 is 1.81 bits per heavy atom. The average Bonchev–Trinajstić information content (AvgIpc) is 2.46. The molecule has 2 aromatic rings. The van der Waals surface area contributed by atoms with Gasteiger partial charge < -0.3 is 4.57 Å². The molecule has 2 rings (SSSR count). The zero-order valence-electron chi connectivity index (χ0n) is 12.5. The van der Waals surface area contributed by atoms with Crippen molar-refractivity contribution >= 4 is 23.9 Å². The van der Waals surface area contributed by atoms with Crippen molar-refractivity contribution in [2.75, 3.05) is 0 Å². The maximum absolute atomic E-state index is 9.40. The van der Waals surface area contributed by atoms with Crippen LogP contribution in [-0.2, 0) is 5.54 Å². The summed E-state index contributed by atoms with van der Waals surface area (Å²) in [6.07, 6.45) is 3.84. The Hall–Kier alpha value is -2.18. The molecule has 21 heavy (non-hydrogen) atoms. The topological polar surface area (TPSA) is 28.7 Å². The van der Waals surface area contributed by atoms with Gasteiger partial charge >= 0.3 is 0 Å². The minimum absolute atomic E-state index is 0.0829. The molecule has 1 heterocycles. The summed E-state index contributed by atoms with van der Waals surface area (Å²) in [5.41, 5.74) is 2.33. The number of benzene rings is 1. The highest BCUT2D eigenvalue weighted by Crippen LogP contribution is 2.21. The highest BCUT2D eigenvalue weighted by Gasteiger charge is 2.13. The van der Waals surface area contributed by atoms with Crippen LogP contribution < -0.4 is 0 Å². The molecule has 0 fully saturated rings. The van der Waals surface area contributed by atoms with Gasteiger partial charge in [-0.25, -0.2) is 0 Å². The van der Waals surface area contributed by atoms with Crippen LogP contribution >= 0.6 is 12.2 Å². The van der Waals surface area contributed by atoms with Crippen LogP contribution in [0.15, 0.2) is 48.7 Å². The molecule has 0 N–H and O–H groups in total. The molecule has 3 heteroatoms. The lowest BCUT2D eigenvalue weighted by molar-refractivity contribution is 0.390. The predicted octanol–water partition coefficient (Wildman–Crippen LogP) is 5.04. The van der Waals surface area contributed by atoms with Crippen molar-refractivity contribution < 1.29 is 0 Å². The van der Waals surface area contributed by atoms with Gasteiger partial charge in [0.1, 0.15) is 4.64 Å². The summed E-state index contributed by atoms with van der Waals surface area (Å²) in [6, 6.07) is 15.8. The molecule has 0 radical (unpaired) electrons. The van der Waals surface area contributed by atoms with Gasteiger partial charge in [-0.2, -0.15) is 5.26 Å². The molecule has 0 unspecified atom stereocenters. The zero-order valence-corrected chi connectivity index (χ0v) is 13.3. The number of nitrogens with zero attached hydrogens (tertiary/aromatic N) is 2. The van der Waals surface area contributed by atoms with E-state index >= 15 is 0 Å². The van der Waals surface area contributed by atoms with Crippen LogP contribution in [0.4, 0.5) is 0 Å². The summed E-state index contributed by atoms with van der Waals surface area (Å²) in [5, 5.41) is 9.40. The first-order valence-corrected chi connectivity index (χ1v) is 7.23. The summed E-state index contributed by atoms with van der Waals surface area (Å²) in [7, 11) is 0. The molecule has 0 aliphatic rings. The van der Waals surface area contributed by atoms with Gasteiger partial charge in [0.25, 0.3) is 0 Å². The highest BCUT2D eigenvalue weighted by atomic mass is 32.1. The second-order valence-corrected chi connectivity index (χ2v) is 6.23. The van der Waals surface area contributed by atoms with E-state index in [1.807, 2.05) is 59.3 Å². The number of nitriles is 1. The van der Waals surface area contributed by atoms with Gasteiger partial charge in [-0.1, -0.05) is 48.6 Å². The number of aromatic nitrogens is 1. The standard InChI is InChI=1S/C18H18N2S/c1-18(2,3)20-11-7-10-15(17(20)21)12-16(13-19)14-8-5-4-6-9-14/h4-12H,1-3H3/b16-12+. The van der Waals surface area contributed by atoms with Gasteiger partial charge in [0.2, 0.25) is 0 Å². The van der Waals surface area contributed by atoms with Crippen LogP contribution in [0.2, 0.25) is 0 Å². The van der Waals surface area contributed by atoms with E-state index in [0.717, 1.165) is 15.8 Å². The lowest BCUT2D eigenvalue weighted by Gasteiger charge is -2.24. The van der Waals surface area contributed by atoms with Crippen molar-refractivity contribution in [2.45, 2.75) is 26.3 Å². The molecule has 0 amide bonds. The molecule has 0 aliphatic heterocycles. The number of allylic oxidation sites excluding steroid dienone is 1. The fraction of sp³-hybridized carbons (Fsp3) is 0.222. The normalized spacial score (nSPS) is 12.0. The molecule has 1 aromatic heterocycles. The largest absolute Gasteiger partial charge is 0.333 e. The highest BCUT2D eigenvalue weighted by molar-refractivity contribution is 7.71. The third-order valence-corrected chi connectivity index (χ3v) is 3.64. The first kappa shape index (κ1) is 15.2. The molecule has 0 bridgehead atoms. The zero-order chi connectivity index (χ0) is 15.5. The van der Waals surface area contributed by atoms with Crippen LogP contribution in [0.1, 0.15) is 31.9 Å². The Morgan fingerprint density at radius 1 is 1.14 bits per heavy atom. The third-order valence-electron chi connectivity index (χ3n) is 3.20. The van der Waals surface area contributed by atoms with Gasteiger partial charge in [0, 0.05) is 17.3 Å². The van der Waals surface area contributed by atoms with Crippen molar-refractivity contribution in [3.63, 3.8) is 0 Å².